The molecule has 1 unspecified atom stereocenters. The summed E-state index contributed by atoms with van der Waals surface area (Å²) in [5.74, 6) is -0.430. The van der Waals surface area contributed by atoms with Crippen molar-refractivity contribution in [1.82, 2.24) is 0 Å². The number of aromatic hydroxyl groups is 1. The maximum atomic E-state index is 12.9. The van der Waals surface area contributed by atoms with Crippen molar-refractivity contribution in [2.24, 2.45) is 0 Å². The predicted molar refractivity (Wildman–Crippen MR) is 107 cm³/mol. The van der Waals surface area contributed by atoms with Crippen LogP contribution in [0.4, 0.5) is 0 Å². The molecule has 0 saturated carbocycles. The molecule has 1 atom stereocenters. The Morgan fingerprint density at radius 3 is 2.26 bits per heavy atom. The minimum atomic E-state index is -0.515. The van der Waals surface area contributed by atoms with E-state index in [1.54, 1.807) is 18.2 Å². The van der Waals surface area contributed by atoms with Crippen LogP contribution in [0.2, 0.25) is 0 Å². The standard InChI is InChI=1S/C24H20O3/c1-15-12-13-18(14-16(15)2)21(17-8-4-3-5-9-17)22-23(25)19-10-6-7-11-20(19)27-24(22)26/h3-14,21,25H,1-2H3. The molecule has 0 bridgehead atoms. The fraction of sp³-hybridized carbons (Fsp3) is 0.125. The van der Waals surface area contributed by atoms with E-state index in [4.69, 9.17) is 4.42 Å². The summed E-state index contributed by atoms with van der Waals surface area (Å²) >= 11 is 0. The van der Waals surface area contributed by atoms with Gasteiger partial charge in [-0.2, -0.15) is 0 Å². The van der Waals surface area contributed by atoms with Gasteiger partial charge in [-0.1, -0.05) is 60.7 Å². The molecule has 27 heavy (non-hydrogen) atoms. The van der Waals surface area contributed by atoms with Gasteiger partial charge in [-0.3, -0.25) is 0 Å². The van der Waals surface area contributed by atoms with Crippen LogP contribution in [-0.2, 0) is 0 Å². The second-order valence-corrected chi connectivity index (χ2v) is 6.84. The van der Waals surface area contributed by atoms with Crippen LogP contribution in [0.1, 0.15) is 33.7 Å². The van der Waals surface area contributed by atoms with Crippen LogP contribution in [0.5, 0.6) is 5.75 Å². The van der Waals surface area contributed by atoms with E-state index in [0.717, 1.165) is 16.7 Å². The summed E-state index contributed by atoms with van der Waals surface area (Å²) in [5, 5.41) is 11.5. The van der Waals surface area contributed by atoms with Gasteiger partial charge >= 0.3 is 5.63 Å². The summed E-state index contributed by atoms with van der Waals surface area (Å²) in [6.45, 7) is 4.10. The first-order valence-corrected chi connectivity index (χ1v) is 8.93. The molecule has 0 aliphatic heterocycles. The molecule has 0 fully saturated rings. The van der Waals surface area contributed by atoms with Crippen molar-refractivity contribution in [3.05, 3.63) is 111 Å². The van der Waals surface area contributed by atoms with Crippen LogP contribution in [0.3, 0.4) is 0 Å². The number of para-hydroxylation sites is 1. The van der Waals surface area contributed by atoms with E-state index in [0.29, 0.717) is 11.0 Å². The van der Waals surface area contributed by atoms with Crippen LogP contribution in [0.25, 0.3) is 11.0 Å². The average molecular weight is 356 g/mol. The van der Waals surface area contributed by atoms with Gasteiger partial charge in [0, 0.05) is 5.92 Å². The molecule has 1 aromatic heterocycles. The zero-order chi connectivity index (χ0) is 19.0. The molecule has 3 heteroatoms. The number of aryl methyl sites for hydroxylation is 2. The number of hydrogen-bond donors (Lipinski definition) is 1. The first-order chi connectivity index (χ1) is 13.1. The first-order valence-electron chi connectivity index (χ1n) is 8.93. The highest BCUT2D eigenvalue weighted by atomic mass is 16.4. The number of fused-ring (bicyclic) bond motifs is 1. The van der Waals surface area contributed by atoms with Gasteiger partial charge in [0.05, 0.1) is 10.9 Å². The molecule has 0 amide bonds. The normalized spacial score (nSPS) is 12.2. The Bertz CT molecular complexity index is 1170. The van der Waals surface area contributed by atoms with Crippen molar-refractivity contribution >= 4 is 11.0 Å². The summed E-state index contributed by atoms with van der Waals surface area (Å²) in [6.07, 6.45) is 0. The van der Waals surface area contributed by atoms with Gasteiger partial charge in [0.15, 0.2) is 0 Å². The van der Waals surface area contributed by atoms with E-state index < -0.39 is 11.5 Å². The maximum absolute atomic E-state index is 12.9. The van der Waals surface area contributed by atoms with Crippen molar-refractivity contribution in [1.29, 1.82) is 0 Å². The summed E-state index contributed by atoms with van der Waals surface area (Å²) in [6, 6.07) is 22.9. The second kappa shape index (κ2) is 6.76. The molecule has 0 spiro atoms. The van der Waals surface area contributed by atoms with E-state index in [-0.39, 0.29) is 11.3 Å². The first kappa shape index (κ1) is 17.1. The fourth-order valence-corrected chi connectivity index (χ4v) is 3.52. The van der Waals surface area contributed by atoms with Gasteiger partial charge in [0.25, 0.3) is 0 Å². The number of rotatable bonds is 3. The molecule has 4 rings (SSSR count). The minimum Gasteiger partial charge on any atom is -0.507 e. The summed E-state index contributed by atoms with van der Waals surface area (Å²) < 4.78 is 5.54. The monoisotopic (exact) mass is 356 g/mol. The molecule has 3 aromatic carbocycles. The minimum absolute atomic E-state index is 0.0195. The Kier molecular flexibility index (Phi) is 4.28. The van der Waals surface area contributed by atoms with Crippen LogP contribution in [0.15, 0.2) is 82.0 Å². The molecule has 134 valence electrons. The molecule has 0 aliphatic rings. The zero-order valence-corrected chi connectivity index (χ0v) is 15.3. The van der Waals surface area contributed by atoms with Gasteiger partial charge in [0.2, 0.25) is 0 Å². The zero-order valence-electron chi connectivity index (χ0n) is 15.3. The molecule has 3 nitrogen and oxygen atoms in total. The molecular weight excluding hydrogens is 336 g/mol. The largest absolute Gasteiger partial charge is 0.507 e. The van der Waals surface area contributed by atoms with Gasteiger partial charge in [-0.05, 0) is 48.2 Å². The smallest absolute Gasteiger partial charge is 0.344 e. The summed E-state index contributed by atoms with van der Waals surface area (Å²) in [5.41, 5.74) is 4.33. The van der Waals surface area contributed by atoms with Crippen molar-refractivity contribution in [2.45, 2.75) is 19.8 Å². The third-order valence-corrected chi connectivity index (χ3v) is 5.11. The predicted octanol–water partition coefficient (Wildman–Crippen LogP) is 5.30. The Balaban J connectivity index is 2.04. The van der Waals surface area contributed by atoms with Crippen molar-refractivity contribution in [2.75, 3.05) is 0 Å². The van der Waals surface area contributed by atoms with Gasteiger partial charge in [-0.15, -0.1) is 0 Å². The van der Waals surface area contributed by atoms with E-state index in [9.17, 15) is 9.90 Å². The summed E-state index contributed by atoms with van der Waals surface area (Å²) in [4.78, 5) is 12.9. The Morgan fingerprint density at radius 1 is 0.815 bits per heavy atom. The molecule has 0 saturated heterocycles. The van der Waals surface area contributed by atoms with Crippen molar-refractivity contribution in [3.63, 3.8) is 0 Å². The average Bonchev–Trinajstić information content (AvgIpc) is 2.68. The molecular formula is C24H20O3. The second-order valence-electron chi connectivity index (χ2n) is 6.84. The fourth-order valence-electron chi connectivity index (χ4n) is 3.52. The van der Waals surface area contributed by atoms with Crippen LogP contribution in [-0.4, -0.2) is 5.11 Å². The van der Waals surface area contributed by atoms with Crippen molar-refractivity contribution in [3.8, 4) is 5.75 Å². The Hall–Kier alpha value is -3.33. The van der Waals surface area contributed by atoms with E-state index >= 15 is 0 Å². The third-order valence-electron chi connectivity index (χ3n) is 5.11. The molecule has 0 aliphatic carbocycles. The van der Waals surface area contributed by atoms with Gasteiger partial charge in [-0.25, -0.2) is 4.79 Å². The van der Waals surface area contributed by atoms with E-state index in [1.807, 2.05) is 55.5 Å². The SMILES string of the molecule is Cc1ccc(C(c2ccccc2)c2c(O)c3ccccc3oc2=O)cc1C. The highest BCUT2D eigenvalue weighted by molar-refractivity contribution is 5.84. The lowest BCUT2D eigenvalue weighted by atomic mass is 9.84. The quantitative estimate of drug-likeness (QED) is 0.507. The topological polar surface area (TPSA) is 50.4 Å². The lowest BCUT2D eigenvalue weighted by Gasteiger charge is -2.20. The Labute approximate surface area is 157 Å². The number of hydrogen-bond acceptors (Lipinski definition) is 3. The van der Waals surface area contributed by atoms with Crippen molar-refractivity contribution < 1.29 is 9.52 Å². The van der Waals surface area contributed by atoms with Gasteiger partial charge in [0.1, 0.15) is 11.3 Å². The highest BCUT2D eigenvalue weighted by Crippen LogP contribution is 2.38. The van der Waals surface area contributed by atoms with Crippen LogP contribution in [0, 0.1) is 13.8 Å². The highest BCUT2D eigenvalue weighted by Gasteiger charge is 2.26. The van der Waals surface area contributed by atoms with E-state index in [2.05, 4.69) is 13.0 Å². The van der Waals surface area contributed by atoms with E-state index in [1.165, 1.54) is 5.56 Å². The van der Waals surface area contributed by atoms with Gasteiger partial charge < -0.3 is 9.52 Å². The molecule has 1 heterocycles. The van der Waals surface area contributed by atoms with Crippen LogP contribution < -0.4 is 5.63 Å². The molecule has 1 N–H and O–H groups in total. The third kappa shape index (κ3) is 3.02. The lowest BCUT2D eigenvalue weighted by Crippen LogP contribution is -2.15. The Morgan fingerprint density at radius 2 is 1.52 bits per heavy atom. The maximum Gasteiger partial charge on any atom is 0.344 e. The molecule has 0 radical (unpaired) electrons. The van der Waals surface area contributed by atoms with Crippen LogP contribution >= 0.6 is 0 Å². The summed E-state index contributed by atoms with van der Waals surface area (Å²) in [7, 11) is 0. The number of benzene rings is 3. The lowest BCUT2D eigenvalue weighted by molar-refractivity contribution is 0.455. The molecule has 4 aromatic rings.